The number of para-hydroxylation sites is 1. The smallest absolute Gasteiger partial charge is 0.101 e. The molecule has 2 rings (SSSR count). The van der Waals surface area contributed by atoms with E-state index in [4.69, 9.17) is 10.4 Å². The Labute approximate surface area is 102 Å². The summed E-state index contributed by atoms with van der Waals surface area (Å²) in [5.41, 5.74) is 1.76. The fourth-order valence-electron chi connectivity index (χ4n) is 2.59. The molecule has 17 heavy (non-hydrogen) atoms. The number of aliphatic hydroxyl groups is 1. The number of piperidine rings is 1. The molecule has 1 aliphatic heterocycles. The minimum Gasteiger partial charge on any atom is -0.396 e. The van der Waals surface area contributed by atoms with Crippen LogP contribution in [-0.4, -0.2) is 24.3 Å². The molecule has 3 heteroatoms. The molecule has 1 atom stereocenters. The van der Waals surface area contributed by atoms with Gasteiger partial charge in [-0.15, -0.1) is 0 Å². The van der Waals surface area contributed by atoms with Crippen molar-refractivity contribution in [2.45, 2.75) is 31.7 Å². The predicted octanol–water partition coefficient (Wildman–Crippen LogP) is 2.30. The summed E-state index contributed by atoms with van der Waals surface area (Å²) < 4.78 is 0. The van der Waals surface area contributed by atoms with E-state index in [1.165, 1.54) is 12.8 Å². The summed E-state index contributed by atoms with van der Waals surface area (Å²) in [6.07, 6.45) is 4.29. The van der Waals surface area contributed by atoms with Gasteiger partial charge in [0.15, 0.2) is 0 Å². The molecule has 0 bridgehead atoms. The van der Waals surface area contributed by atoms with E-state index in [1.807, 2.05) is 24.3 Å². The standard InChI is InChI=1S/C14H18N2O/c15-11-12-5-1-2-7-14(12)16-9-4-3-6-13(16)8-10-17/h1-2,5,7,13,17H,3-4,6,8-10H2. The van der Waals surface area contributed by atoms with Crippen molar-refractivity contribution in [3.63, 3.8) is 0 Å². The van der Waals surface area contributed by atoms with E-state index >= 15 is 0 Å². The molecule has 1 aliphatic rings. The Balaban J connectivity index is 2.26. The average Bonchev–Trinajstić information content (AvgIpc) is 2.40. The van der Waals surface area contributed by atoms with E-state index in [0.717, 1.165) is 30.6 Å². The van der Waals surface area contributed by atoms with Crippen LogP contribution in [0.2, 0.25) is 0 Å². The van der Waals surface area contributed by atoms with Crippen molar-refractivity contribution >= 4 is 5.69 Å². The van der Waals surface area contributed by atoms with Crippen molar-refractivity contribution in [1.29, 1.82) is 5.26 Å². The van der Waals surface area contributed by atoms with Crippen LogP contribution in [0.1, 0.15) is 31.2 Å². The highest BCUT2D eigenvalue weighted by atomic mass is 16.3. The highest BCUT2D eigenvalue weighted by Crippen LogP contribution is 2.28. The molecule has 0 spiro atoms. The van der Waals surface area contributed by atoms with E-state index in [0.29, 0.717) is 6.04 Å². The molecule has 1 aromatic rings. The monoisotopic (exact) mass is 230 g/mol. The van der Waals surface area contributed by atoms with Gasteiger partial charge in [-0.1, -0.05) is 12.1 Å². The second-order valence-electron chi connectivity index (χ2n) is 4.48. The first-order valence-corrected chi connectivity index (χ1v) is 6.23. The molecule has 3 nitrogen and oxygen atoms in total. The van der Waals surface area contributed by atoms with Crippen LogP contribution < -0.4 is 4.90 Å². The summed E-state index contributed by atoms with van der Waals surface area (Å²) in [5.74, 6) is 0. The molecule has 1 heterocycles. The van der Waals surface area contributed by atoms with Crippen LogP contribution >= 0.6 is 0 Å². The number of hydrogen-bond acceptors (Lipinski definition) is 3. The number of rotatable bonds is 3. The Bertz CT molecular complexity index is 409. The van der Waals surface area contributed by atoms with Gasteiger partial charge in [-0.25, -0.2) is 0 Å². The number of benzene rings is 1. The molecule has 0 aromatic heterocycles. The van der Waals surface area contributed by atoms with Gasteiger partial charge in [-0.05, 0) is 37.8 Å². The van der Waals surface area contributed by atoms with Gasteiger partial charge >= 0.3 is 0 Å². The normalized spacial score (nSPS) is 20.0. The lowest BCUT2D eigenvalue weighted by atomic mass is 9.98. The van der Waals surface area contributed by atoms with Crippen molar-refractivity contribution in [3.8, 4) is 6.07 Å². The lowest BCUT2D eigenvalue weighted by molar-refractivity contribution is 0.262. The molecule has 1 N–H and O–H groups in total. The Morgan fingerprint density at radius 1 is 1.35 bits per heavy atom. The average molecular weight is 230 g/mol. The van der Waals surface area contributed by atoms with E-state index in [9.17, 15) is 0 Å². The van der Waals surface area contributed by atoms with Crippen LogP contribution in [0, 0.1) is 11.3 Å². The van der Waals surface area contributed by atoms with Gasteiger partial charge in [0, 0.05) is 19.2 Å². The number of anilines is 1. The van der Waals surface area contributed by atoms with Crippen LogP contribution in [0.3, 0.4) is 0 Å². The molecular formula is C14H18N2O. The van der Waals surface area contributed by atoms with E-state index < -0.39 is 0 Å². The number of hydrogen-bond donors (Lipinski definition) is 1. The fraction of sp³-hybridized carbons (Fsp3) is 0.500. The maximum absolute atomic E-state index is 9.14. The Morgan fingerprint density at radius 2 is 2.18 bits per heavy atom. The zero-order valence-corrected chi connectivity index (χ0v) is 9.97. The molecule has 1 aromatic carbocycles. The first-order valence-electron chi connectivity index (χ1n) is 6.23. The lowest BCUT2D eigenvalue weighted by Crippen LogP contribution is -2.40. The first-order chi connectivity index (χ1) is 8.36. The van der Waals surface area contributed by atoms with Crippen molar-refractivity contribution < 1.29 is 5.11 Å². The third-order valence-electron chi connectivity index (χ3n) is 3.42. The molecule has 0 saturated carbocycles. The fourth-order valence-corrected chi connectivity index (χ4v) is 2.59. The molecule has 0 aliphatic carbocycles. The van der Waals surface area contributed by atoms with Crippen LogP contribution in [-0.2, 0) is 0 Å². The van der Waals surface area contributed by atoms with Gasteiger partial charge in [-0.2, -0.15) is 5.26 Å². The van der Waals surface area contributed by atoms with Crippen LogP contribution in [0.4, 0.5) is 5.69 Å². The zero-order chi connectivity index (χ0) is 12.1. The van der Waals surface area contributed by atoms with Gasteiger partial charge < -0.3 is 10.0 Å². The van der Waals surface area contributed by atoms with Crippen LogP contribution in [0.5, 0.6) is 0 Å². The second-order valence-corrected chi connectivity index (χ2v) is 4.48. The van der Waals surface area contributed by atoms with E-state index in [-0.39, 0.29) is 6.61 Å². The Morgan fingerprint density at radius 3 is 2.94 bits per heavy atom. The molecule has 1 saturated heterocycles. The van der Waals surface area contributed by atoms with Gasteiger partial charge in [0.2, 0.25) is 0 Å². The van der Waals surface area contributed by atoms with E-state index in [2.05, 4.69) is 11.0 Å². The summed E-state index contributed by atoms with van der Waals surface area (Å²) in [5, 5.41) is 18.3. The highest BCUT2D eigenvalue weighted by molar-refractivity contribution is 5.60. The zero-order valence-electron chi connectivity index (χ0n) is 9.97. The molecule has 1 fully saturated rings. The van der Waals surface area contributed by atoms with Crippen molar-refractivity contribution in [2.75, 3.05) is 18.1 Å². The minimum absolute atomic E-state index is 0.218. The third-order valence-corrected chi connectivity index (χ3v) is 3.42. The van der Waals surface area contributed by atoms with Gasteiger partial charge in [0.25, 0.3) is 0 Å². The second kappa shape index (κ2) is 5.70. The third kappa shape index (κ3) is 2.59. The van der Waals surface area contributed by atoms with E-state index in [1.54, 1.807) is 0 Å². The van der Waals surface area contributed by atoms with Crippen molar-refractivity contribution in [3.05, 3.63) is 29.8 Å². The summed E-state index contributed by atoms with van der Waals surface area (Å²) in [6, 6.07) is 10.4. The number of nitrogens with zero attached hydrogens (tertiary/aromatic N) is 2. The first kappa shape index (κ1) is 11.9. The van der Waals surface area contributed by atoms with Crippen molar-refractivity contribution in [2.24, 2.45) is 0 Å². The van der Waals surface area contributed by atoms with Gasteiger partial charge in [0.1, 0.15) is 6.07 Å². The maximum atomic E-state index is 9.14. The minimum atomic E-state index is 0.218. The summed E-state index contributed by atoms with van der Waals surface area (Å²) >= 11 is 0. The van der Waals surface area contributed by atoms with Crippen LogP contribution in [0.15, 0.2) is 24.3 Å². The summed E-state index contributed by atoms with van der Waals surface area (Å²) in [7, 11) is 0. The number of nitriles is 1. The molecule has 0 radical (unpaired) electrons. The SMILES string of the molecule is N#Cc1ccccc1N1CCCCC1CCO. The molecular weight excluding hydrogens is 212 g/mol. The maximum Gasteiger partial charge on any atom is 0.101 e. The largest absolute Gasteiger partial charge is 0.396 e. The molecule has 0 amide bonds. The Kier molecular flexibility index (Phi) is 4.00. The Hall–Kier alpha value is -1.53. The quantitative estimate of drug-likeness (QED) is 0.866. The number of aliphatic hydroxyl groups excluding tert-OH is 1. The molecule has 90 valence electrons. The lowest BCUT2D eigenvalue weighted by Gasteiger charge is -2.37. The van der Waals surface area contributed by atoms with Gasteiger partial charge in [-0.3, -0.25) is 0 Å². The summed E-state index contributed by atoms with van der Waals surface area (Å²) in [6.45, 7) is 1.21. The molecule has 1 unspecified atom stereocenters. The van der Waals surface area contributed by atoms with Gasteiger partial charge in [0.05, 0.1) is 11.3 Å². The summed E-state index contributed by atoms with van der Waals surface area (Å²) in [4.78, 5) is 2.29. The van der Waals surface area contributed by atoms with Crippen LogP contribution in [0.25, 0.3) is 0 Å². The predicted molar refractivity (Wildman–Crippen MR) is 67.8 cm³/mol. The highest BCUT2D eigenvalue weighted by Gasteiger charge is 2.23. The van der Waals surface area contributed by atoms with Crippen molar-refractivity contribution in [1.82, 2.24) is 0 Å². The topological polar surface area (TPSA) is 47.3 Å².